The molecule has 1 aromatic rings. The molecule has 0 fully saturated rings. The molecule has 1 heterocycles. The summed E-state index contributed by atoms with van der Waals surface area (Å²) in [5, 5.41) is 11.8. The number of alkyl halides is 3. The van der Waals surface area contributed by atoms with Crippen LogP contribution in [0, 0.1) is 11.3 Å². The second-order valence-electron chi connectivity index (χ2n) is 3.68. The molecule has 4 nitrogen and oxygen atoms in total. The van der Waals surface area contributed by atoms with Crippen LogP contribution in [0.3, 0.4) is 0 Å². The van der Waals surface area contributed by atoms with Gasteiger partial charge in [0.2, 0.25) is 0 Å². The molecular formula is C10H12F3N3OS. The van der Waals surface area contributed by atoms with Crippen LogP contribution >= 0.6 is 11.3 Å². The number of ether oxygens (including phenoxy) is 1. The van der Waals surface area contributed by atoms with Crippen LogP contribution in [0.4, 0.5) is 23.9 Å². The molecule has 3 N–H and O–H groups in total. The summed E-state index contributed by atoms with van der Waals surface area (Å²) in [4.78, 5) is 0.216. The minimum absolute atomic E-state index is 0.145. The average Bonchev–Trinajstić information content (AvgIpc) is 2.51. The van der Waals surface area contributed by atoms with Gasteiger partial charge in [0.25, 0.3) is 0 Å². The first-order valence-electron chi connectivity index (χ1n) is 4.98. The SMILES string of the molecule is COc1c(NC(C)CC(F)(F)F)sc(C#N)c1N. The zero-order chi connectivity index (χ0) is 13.9. The minimum atomic E-state index is -4.25. The highest BCUT2D eigenvalue weighted by molar-refractivity contribution is 7.17. The van der Waals surface area contributed by atoms with Gasteiger partial charge in [0.1, 0.15) is 21.6 Å². The summed E-state index contributed by atoms with van der Waals surface area (Å²) in [6, 6.07) is 1.03. The lowest BCUT2D eigenvalue weighted by Crippen LogP contribution is -2.23. The highest BCUT2D eigenvalue weighted by atomic mass is 32.1. The number of halogens is 3. The fraction of sp³-hybridized carbons (Fsp3) is 0.500. The molecule has 0 aromatic carbocycles. The van der Waals surface area contributed by atoms with Crippen LogP contribution in [-0.2, 0) is 0 Å². The first kappa shape index (κ1) is 14.4. The van der Waals surface area contributed by atoms with Crippen LogP contribution in [-0.4, -0.2) is 19.3 Å². The van der Waals surface area contributed by atoms with E-state index < -0.39 is 18.6 Å². The van der Waals surface area contributed by atoms with Gasteiger partial charge in [0.15, 0.2) is 5.75 Å². The molecule has 0 aliphatic heterocycles. The number of hydrogen-bond acceptors (Lipinski definition) is 5. The molecule has 0 radical (unpaired) electrons. The Labute approximate surface area is 106 Å². The molecular weight excluding hydrogens is 267 g/mol. The summed E-state index contributed by atoms with van der Waals surface area (Å²) < 4.78 is 41.6. The van der Waals surface area contributed by atoms with Crippen molar-refractivity contribution in [3.8, 4) is 11.8 Å². The Hall–Kier alpha value is -1.62. The van der Waals surface area contributed by atoms with Gasteiger partial charge in [-0.05, 0) is 6.92 Å². The van der Waals surface area contributed by atoms with Crippen LogP contribution in [0.25, 0.3) is 0 Å². The van der Waals surface area contributed by atoms with Crippen molar-refractivity contribution in [2.75, 3.05) is 18.2 Å². The normalized spacial score (nSPS) is 12.9. The summed E-state index contributed by atoms with van der Waals surface area (Å²) in [7, 11) is 1.35. The van der Waals surface area contributed by atoms with Crippen LogP contribution < -0.4 is 15.8 Å². The topological polar surface area (TPSA) is 71.1 Å². The zero-order valence-corrected chi connectivity index (χ0v) is 10.6. The largest absolute Gasteiger partial charge is 0.492 e. The first-order valence-corrected chi connectivity index (χ1v) is 5.79. The monoisotopic (exact) mass is 279 g/mol. The Morgan fingerprint density at radius 3 is 2.61 bits per heavy atom. The molecule has 0 aliphatic rings. The van der Waals surface area contributed by atoms with Gasteiger partial charge in [-0.1, -0.05) is 0 Å². The van der Waals surface area contributed by atoms with E-state index in [0.29, 0.717) is 5.00 Å². The lowest BCUT2D eigenvalue weighted by Gasteiger charge is -2.16. The molecule has 0 amide bonds. The van der Waals surface area contributed by atoms with Crippen molar-refractivity contribution < 1.29 is 17.9 Å². The Balaban J connectivity index is 2.88. The van der Waals surface area contributed by atoms with E-state index in [9.17, 15) is 13.2 Å². The molecule has 0 saturated heterocycles. The van der Waals surface area contributed by atoms with E-state index in [0.717, 1.165) is 11.3 Å². The number of rotatable bonds is 4. The van der Waals surface area contributed by atoms with Gasteiger partial charge in [-0.15, -0.1) is 11.3 Å². The third-order valence-corrected chi connectivity index (χ3v) is 3.14. The number of nitriles is 1. The molecule has 0 aliphatic carbocycles. The van der Waals surface area contributed by atoms with E-state index in [1.165, 1.54) is 14.0 Å². The Morgan fingerprint density at radius 2 is 2.17 bits per heavy atom. The van der Waals surface area contributed by atoms with Gasteiger partial charge in [0.05, 0.1) is 13.5 Å². The van der Waals surface area contributed by atoms with Crippen molar-refractivity contribution in [3.05, 3.63) is 4.88 Å². The number of methoxy groups -OCH3 is 1. The molecule has 100 valence electrons. The van der Waals surface area contributed by atoms with Gasteiger partial charge in [-0.3, -0.25) is 0 Å². The summed E-state index contributed by atoms with van der Waals surface area (Å²) in [5.74, 6) is 0.213. The lowest BCUT2D eigenvalue weighted by atomic mass is 10.2. The molecule has 0 spiro atoms. The van der Waals surface area contributed by atoms with Gasteiger partial charge in [-0.2, -0.15) is 18.4 Å². The lowest BCUT2D eigenvalue weighted by molar-refractivity contribution is -0.136. The van der Waals surface area contributed by atoms with Crippen molar-refractivity contribution in [1.29, 1.82) is 5.26 Å². The van der Waals surface area contributed by atoms with E-state index >= 15 is 0 Å². The second-order valence-corrected chi connectivity index (χ2v) is 4.70. The smallest absolute Gasteiger partial charge is 0.391 e. The standard InChI is InChI=1S/C10H12F3N3OS/c1-5(3-10(11,12)13)16-9-8(17-2)7(15)6(4-14)18-9/h5,16H,3,15H2,1-2H3. The highest BCUT2D eigenvalue weighted by Gasteiger charge is 2.30. The zero-order valence-electron chi connectivity index (χ0n) is 9.76. The maximum atomic E-state index is 12.2. The van der Waals surface area contributed by atoms with E-state index in [2.05, 4.69) is 5.32 Å². The molecule has 8 heteroatoms. The fourth-order valence-corrected chi connectivity index (χ4v) is 2.43. The quantitative estimate of drug-likeness (QED) is 0.888. The number of nitrogens with one attached hydrogen (secondary N) is 1. The van der Waals surface area contributed by atoms with Crippen molar-refractivity contribution in [3.63, 3.8) is 0 Å². The van der Waals surface area contributed by atoms with Crippen LogP contribution in [0.2, 0.25) is 0 Å². The molecule has 1 atom stereocenters. The summed E-state index contributed by atoms with van der Waals surface area (Å²) in [6.07, 6.45) is -5.23. The predicted octanol–water partition coefficient (Wildman–Crippen LogP) is 2.96. The summed E-state index contributed by atoms with van der Waals surface area (Å²) in [5.41, 5.74) is 5.77. The van der Waals surface area contributed by atoms with Crippen LogP contribution in [0.5, 0.6) is 5.75 Å². The summed E-state index contributed by atoms with van der Waals surface area (Å²) in [6.45, 7) is 1.40. The Bertz CT molecular complexity index is 464. The van der Waals surface area contributed by atoms with Crippen LogP contribution in [0.15, 0.2) is 0 Å². The predicted molar refractivity (Wildman–Crippen MR) is 63.8 cm³/mol. The van der Waals surface area contributed by atoms with Gasteiger partial charge in [0, 0.05) is 6.04 Å². The van der Waals surface area contributed by atoms with Crippen molar-refractivity contribution in [2.45, 2.75) is 25.6 Å². The van der Waals surface area contributed by atoms with Crippen molar-refractivity contribution in [2.24, 2.45) is 0 Å². The first-order chi connectivity index (χ1) is 8.28. The third kappa shape index (κ3) is 3.43. The minimum Gasteiger partial charge on any atom is -0.492 e. The Morgan fingerprint density at radius 1 is 1.56 bits per heavy atom. The van der Waals surface area contributed by atoms with Gasteiger partial charge >= 0.3 is 6.18 Å². The number of hydrogen-bond donors (Lipinski definition) is 2. The number of nitrogens with two attached hydrogens (primary N) is 1. The van der Waals surface area contributed by atoms with E-state index in [4.69, 9.17) is 15.7 Å². The highest BCUT2D eigenvalue weighted by Crippen LogP contribution is 2.42. The maximum absolute atomic E-state index is 12.2. The third-order valence-electron chi connectivity index (χ3n) is 2.12. The van der Waals surface area contributed by atoms with Gasteiger partial charge < -0.3 is 15.8 Å². The number of anilines is 2. The van der Waals surface area contributed by atoms with Gasteiger partial charge in [-0.25, -0.2) is 0 Å². The van der Waals surface area contributed by atoms with Crippen molar-refractivity contribution in [1.82, 2.24) is 0 Å². The van der Waals surface area contributed by atoms with E-state index in [-0.39, 0.29) is 16.3 Å². The summed E-state index contributed by atoms with van der Waals surface area (Å²) >= 11 is 0.975. The average molecular weight is 279 g/mol. The second kappa shape index (κ2) is 5.35. The van der Waals surface area contributed by atoms with E-state index in [1.54, 1.807) is 0 Å². The Kier molecular flexibility index (Phi) is 4.29. The molecule has 1 unspecified atom stereocenters. The number of thiophene rings is 1. The van der Waals surface area contributed by atoms with Crippen LogP contribution in [0.1, 0.15) is 18.2 Å². The maximum Gasteiger partial charge on any atom is 0.391 e. The molecule has 18 heavy (non-hydrogen) atoms. The molecule has 0 saturated carbocycles. The number of nitrogen functional groups attached to an aromatic ring is 1. The number of nitrogens with zero attached hydrogens (tertiary/aromatic N) is 1. The fourth-order valence-electron chi connectivity index (χ4n) is 1.43. The molecule has 1 aromatic heterocycles. The molecule has 1 rings (SSSR count). The van der Waals surface area contributed by atoms with E-state index in [1.807, 2.05) is 6.07 Å². The molecule has 0 bridgehead atoms. The van der Waals surface area contributed by atoms with Crippen molar-refractivity contribution >= 4 is 22.0 Å².